The maximum Gasteiger partial charge on any atom is 0.0919 e. The zero-order valence-electron chi connectivity index (χ0n) is 7.36. The predicted molar refractivity (Wildman–Crippen MR) is 61.9 cm³/mol. The van der Waals surface area contributed by atoms with E-state index in [-0.39, 0.29) is 0 Å². The molecule has 0 saturated carbocycles. The Morgan fingerprint density at radius 3 is 1.64 bits per heavy atom. The van der Waals surface area contributed by atoms with Crippen molar-refractivity contribution in [2.24, 2.45) is 0 Å². The van der Waals surface area contributed by atoms with E-state index in [0.29, 0.717) is 0 Å². The van der Waals surface area contributed by atoms with Gasteiger partial charge in [0.05, 0.1) is 6.33 Å². The van der Waals surface area contributed by atoms with Gasteiger partial charge in [-0.15, -0.1) is 0 Å². The summed E-state index contributed by atoms with van der Waals surface area (Å²) in [6, 6.07) is 0. The topological polar surface area (TPSA) is 45.8 Å². The molecule has 88 valence electrons. The first-order valence-corrected chi connectivity index (χ1v) is 15.6. The molecule has 0 radical (unpaired) electrons. The molecule has 0 spiro atoms. The number of nitrogens with one attached hydrogen (secondary N) is 1. The molecule has 0 saturated heterocycles. The Bertz CT molecular complexity index is 215. The van der Waals surface area contributed by atoms with Crippen molar-refractivity contribution in [1.29, 1.82) is 0 Å². The van der Waals surface area contributed by atoms with Crippen LogP contribution in [0.2, 0.25) is 11.0 Å². The maximum absolute atomic E-state index is 7.83. The normalized spacial score (nSPS) is 14.7. The van der Waals surface area contributed by atoms with Crippen LogP contribution in [0.25, 0.3) is 0 Å². The first-order chi connectivity index (χ1) is 5.95. The van der Waals surface area contributed by atoms with Crippen LogP contribution in [0, 0.1) is 0 Å². The van der Waals surface area contributed by atoms with Gasteiger partial charge in [0.15, 0.2) is 12.5 Å². The van der Waals surface area contributed by atoms with Crippen molar-refractivity contribution in [3.63, 3.8) is 0 Å². The molecule has 1 rings (SSSR count). The zero-order valence-corrected chi connectivity index (χ0v) is 12.9. The summed E-state index contributed by atoms with van der Waals surface area (Å²) < 4.78 is 7.83. The summed E-state index contributed by atoms with van der Waals surface area (Å²) in [6.45, 7) is 0. The second-order valence-corrected chi connectivity index (χ2v) is 38.0. The van der Waals surface area contributed by atoms with E-state index < -0.39 is 8.46 Å². The summed E-state index contributed by atoms with van der Waals surface area (Å²) in [6.07, 6.45) is 5.08. The fraction of sp³-hybridized carbons (Fsp3) is 0.400. The summed E-state index contributed by atoms with van der Waals surface area (Å²) >= 11 is 2.83. The first-order valence-electron chi connectivity index (χ1n) is 2.84. The van der Waals surface area contributed by atoms with Gasteiger partial charge in [-0.2, -0.15) is 4.21 Å². The van der Waals surface area contributed by atoms with Crippen molar-refractivity contribution < 1.29 is 12.7 Å². The van der Waals surface area contributed by atoms with Crippen LogP contribution in [0.3, 0.4) is 0 Å². The maximum atomic E-state index is 7.83. The van der Waals surface area contributed by atoms with Gasteiger partial charge in [0.1, 0.15) is 0 Å². The number of H-pyrrole nitrogens is 1. The van der Waals surface area contributed by atoms with Crippen molar-refractivity contribution >= 4 is 51.3 Å². The number of hydrogen-bond acceptors (Lipinski definition) is 3. The molecule has 0 aliphatic rings. The van der Waals surface area contributed by atoms with Crippen LogP contribution in [0.5, 0.6) is 0 Å². The Balaban J connectivity index is 0. The Morgan fingerprint density at radius 2 is 1.57 bits per heavy atom. The molecule has 0 unspecified atom stereocenters. The van der Waals surface area contributed by atoms with Crippen molar-refractivity contribution in [3.8, 4) is 0 Å². The fourth-order valence-electron chi connectivity index (χ4n) is 0.215. The van der Waals surface area contributed by atoms with Crippen LogP contribution >= 0.6 is 38.8 Å². The number of aromatic nitrogens is 2. The second kappa shape index (κ2) is 5.37. The van der Waals surface area contributed by atoms with Gasteiger partial charge >= 0.3 is 58.3 Å². The molecule has 1 heterocycles. The van der Waals surface area contributed by atoms with E-state index in [1.165, 1.54) is 11.0 Å². The molecule has 0 bridgehead atoms. The molecule has 14 heavy (non-hydrogen) atoms. The molecule has 0 atom stereocenters. The summed E-state index contributed by atoms with van der Waals surface area (Å²) in [5, 5.41) is 0. The van der Waals surface area contributed by atoms with Gasteiger partial charge in [-0.25, -0.2) is 4.98 Å². The largest absolute Gasteiger partial charge is 0.351 e. The SMILES string of the molecule is O=S.[CH3][Ru]([CH3])([Cl])([Cl])([Cl])[Cl].c1c[nH]cn1. The van der Waals surface area contributed by atoms with E-state index in [4.69, 9.17) is 43.0 Å². The molecular weight excluding hydrogens is 379 g/mol. The Hall–Kier alpha value is 1.01. The van der Waals surface area contributed by atoms with Gasteiger partial charge in [-0.1, -0.05) is 0 Å². The van der Waals surface area contributed by atoms with Crippen molar-refractivity contribution in [2.75, 3.05) is 0 Å². The number of rotatable bonds is 0. The molecule has 3 nitrogen and oxygen atoms in total. The molecule has 1 N–H and O–H groups in total. The summed E-state index contributed by atoms with van der Waals surface area (Å²) in [7, 11) is 17.9. The minimum absolute atomic E-state index is 1.47. The Morgan fingerprint density at radius 1 is 1.21 bits per heavy atom. The summed E-state index contributed by atoms with van der Waals surface area (Å²) in [5.74, 6) is 0. The van der Waals surface area contributed by atoms with Crippen LogP contribution in [-0.2, 0) is 21.0 Å². The van der Waals surface area contributed by atoms with E-state index >= 15 is 0 Å². The van der Waals surface area contributed by atoms with Gasteiger partial charge < -0.3 is 4.98 Å². The number of imidazole rings is 1. The molecular formula is C5H10Cl4N2ORuS. The number of halogens is 4. The number of hydrogen-bond donors (Lipinski definition) is 1. The van der Waals surface area contributed by atoms with Gasteiger partial charge in [0.2, 0.25) is 0 Å². The first kappa shape index (κ1) is 17.4. The minimum atomic E-state index is -4.16. The molecule has 1 aromatic rings. The average molecular weight is 389 g/mol. The van der Waals surface area contributed by atoms with E-state index in [1.807, 2.05) is 0 Å². The van der Waals surface area contributed by atoms with Crippen LogP contribution in [-0.4, -0.2) is 14.2 Å². The van der Waals surface area contributed by atoms with Crippen LogP contribution in [0.15, 0.2) is 18.7 Å². The minimum Gasteiger partial charge on any atom is -0.351 e. The van der Waals surface area contributed by atoms with Crippen LogP contribution in [0.1, 0.15) is 0 Å². The third-order valence-electron chi connectivity index (χ3n) is 0.406. The fourth-order valence-corrected chi connectivity index (χ4v) is 0.215. The molecule has 1 aromatic heterocycles. The van der Waals surface area contributed by atoms with Gasteiger partial charge in [-0.05, 0) is 0 Å². The van der Waals surface area contributed by atoms with Crippen molar-refractivity contribution in [2.45, 2.75) is 11.0 Å². The van der Waals surface area contributed by atoms with E-state index in [0.717, 1.165) is 0 Å². The van der Waals surface area contributed by atoms with Crippen molar-refractivity contribution in [3.05, 3.63) is 18.7 Å². The quantitative estimate of drug-likeness (QED) is 0.683. The Labute approximate surface area is 103 Å². The number of aromatic amines is 1. The van der Waals surface area contributed by atoms with Crippen molar-refractivity contribution in [1.82, 2.24) is 9.97 Å². The Kier molecular flexibility index (Phi) is 6.68. The zero-order chi connectivity index (χ0) is 11.9. The van der Waals surface area contributed by atoms with E-state index in [9.17, 15) is 0 Å². The molecule has 0 amide bonds. The second-order valence-electron chi connectivity index (χ2n) is 2.49. The van der Waals surface area contributed by atoms with Gasteiger partial charge in [0, 0.05) is 12.4 Å². The average Bonchev–Trinajstić information content (AvgIpc) is 2.38. The third-order valence-corrected chi connectivity index (χ3v) is 0.406. The summed E-state index contributed by atoms with van der Waals surface area (Å²) in [5.41, 5.74) is 2.93. The predicted octanol–water partition coefficient (Wildman–Crippen LogP) is 4.00. The van der Waals surface area contributed by atoms with E-state index in [1.54, 1.807) is 18.7 Å². The molecule has 0 aliphatic carbocycles. The van der Waals surface area contributed by atoms with E-state index in [2.05, 4.69) is 22.5 Å². The van der Waals surface area contributed by atoms with Crippen LogP contribution in [0.4, 0.5) is 0 Å². The standard InChI is InChI=1S/C3H4N2.2CH3.4ClH.OS.Ru/c1-2-5-3-4-1;;;;;;;1-2;/h1-3H,(H,4,5);2*1H3;4*1H;;/q;;;;;;;;+4/p-4. The smallest absolute Gasteiger partial charge is 0.0919 e. The molecule has 0 aromatic carbocycles. The van der Waals surface area contributed by atoms with Gasteiger partial charge in [-0.3, -0.25) is 0 Å². The summed E-state index contributed by atoms with van der Waals surface area (Å²) in [4.78, 5) is 6.42. The molecule has 0 fully saturated rings. The van der Waals surface area contributed by atoms with Gasteiger partial charge in [0.25, 0.3) is 0 Å². The monoisotopic (exact) mass is 388 g/mol. The number of nitrogens with zero attached hydrogens (tertiary/aromatic N) is 1. The molecule has 0 aliphatic heterocycles. The van der Waals surface area contributed by atoms with Crippen LogP contribution < -0.4 is 0 Å². The molecule has 9 heteroatoms. The third kappa shape index (κ3) is 51.9.